The average Bonchev–Trinajstić information content (AvgIpc) is 2.74. The van der Waals surface area contributed by atoms with E-state index in [4.69, 9.17) is 11.6 Å². The van der Waals surface area contributed by atoms with Crippen LogP contribution in [0.4, 0.5) is 0 Å². The molecule has 17 heavy (non-hydrogen) atoms. The zero-order valence-corrected chi connectivity index (χ0v) is 10.7. The van der Waals surface area contributed by atoms with E-state index in [-0.39, 0.29) is 0 Å². The summed E-state index contributed by atoms with van der Waals surface area (Å²) in [5, 5.41) is 0.649. The van der Waals surface area contributed by atoms with E-state index in [0.717, 1.165) is 18.5 Å². The lowest BCUT2D eigenvalue weighted by Gasteiger charge is -2.26. The van der Waals surface area contributed by atoms with Crippen molar-refractivity contribution in [2.75, 3.05) is 19.6 Å². The Morgan fingerprint density at radius 2 is 2.06 bits per heavy atom. The maximum Gasteiger partial charge on any atom is 0.136 e. The molecule has 1 aromatic heterocycles. The molecule has 0 amide bonds. The van der Waals surface area contributed by atoms with Crippen LogP contribution in [-0.4, -0.2) is 29.5 Å². The lowest BCUT2D eigenvalue weighted by Crippen LogP contribution is -2.31. The third-order valence-corrected chi connectivity index (χ3v) is 3.97. The quantitative estimate of drug-likeness (QED) is 0.748. The van der Waals surface area contributed by atoms with Gasteiger partial charge < -0.3 is 0 Å². The van der Waals surface area contributed by atoms with Gasteiger partial charge in [-0.05, 0) is 44.0 Å². The molecule has 2 heterocycles. The van der Waals surface area contributed by atoms with Gasteiger partial charge in [-0.1, -0.05) is 29.7 Å². The predicted octanol–water partition coefficient (Wildman–Crippen LogP) is 3.16. The molecule has 0 N–H and O–H groups in total. The second-order valence-corrected chi connectivity index (χ2v) is 5.35. The zero-order chi connectivity index (χ0) is 11.7. The summed E-state index contributed by atoms with van der Waals surface area (Å²) >= 11 is 6.11. The van der Waals surface area contributed by atoms with Gasteiger partial charge in [-0.3, -0.25) is 4.90 Å². The Kier molecular flexibility index (Phi) is 3.17. The van der Waals surface area contributed by atoms with E-state index in [1.165, 1.54) is 43.5 Å². The first kappa shape index (κ1) is 11.2. The molecular formula is C14H17ClN2. The molecular weight excluding hydrogens is 232 g/mol. The fourth-order valence-corrected chi connectivity index (χ4v) is 3.03. The maximum atomic E-state index is 6.11. The summed E-state index contributed by atoms with van der Waals surface area (Å²) in [6.07, 6.45) is 9.18. The standard InChI is InChI=1S/C14H17ClN2/c15-14-13-9-11(8-12(13)4-5-16-14)10-17-6-2-1-3-7-17/h4-5,9H,1-3,6-8,10H2. The molecule has 1 aliphatic heterocycles. The first-order valence-electron chi connectivity index (χ1n) is 6.38. The Bertz CT molecular complexity index is 448. The number of hydrogen-bond acceptors (Lipinski definition) is 2. The predicted molar refractivity (Wildman–Crippen MR) is 71.2 cm³/mol. The summed E-state index contributed by atoms with van der Waals surface area (Å²) in [5.41, 5.74) is 3.95. The molecule has 1 aliphatic carbocycles. The molecule has 2 aliphatic rings. The first-order valence-corrected chi connectivity index (χ1v) is 6.76. The number of aromatic nitrogens is 1. The van der Waals surface area contributed by atoms with Crippen molar-refractivity contribution in [1.82, 2.24) is 9.88 Å². The fourth-order valence-electron chi connectivity index (χ4n) is 2.80. The molecule has 0 bridgehead atoms. The minimum absolute atomic E-state index is 0.649. The van der Waals surface area contributed by atoms with Gasteiger partial charge in [-0.25, -0.2) is 4.98 Å². The van der Waals surface area contributed by atoms with Crippen LogP contribution in [0.1, 0.15) is 30.4 Å². The van der Waals surface area contributed by atoms with Crippen LogP contribution in [0.2, 0.25) is 5.15 Å². The maximum absolute atomic E-state index is 6.11. The molecule has 2 nitrogen and oxygen atoms in total. The van der Waals surface area contributed by atoms with E-state index in [0.29, 0.717) is 5.15 Å². The van der Waals surface area contributed by atoms with Crippen LogP contribution >= 0.6 is 11.6 Å². The van der Waals surface area contributed by atoms with Gasteiger partial charge in [0.2, 0.25) is 0 Å². The Balaban J connectivity index is 1.71. The SMILES string of the molecule is Clc1nccc2c1C=C(CN1CCCCC1)C2. The molecule has 0 atom stereocenters. The summed E-state index contributed by atoms with van der Waals surface area (Å²) in [7, 11) is 0. The number of piperidine rings is 1. The Labute approximate surface area is 107 Å². The van der Waals surface area contributed by atoms with Gasteiger partial charge >= 0.3 is 0 Å². The van der Waals surface area contributed by atoms with E-state index in [2.05, 4.69) is 22.0 Å². The van der Waals surface area contributed by atoms with Crippen molar-refractivity contribution in [3.05, 3.63) is 34.1 Å². The van der Waals surface area contributed by atoms with Crippen LogP contribution in [-0.2, 0) is 6.42 Å². The minimum Gasteiger partial charge on any atom is -0.299 e. The molecule has 0 spiro atoms. The number of nitrogens with zero attached hydrogens (tertiary/aromatic N) is 2. The monoisotopic (exact) mass is 248 g/mol. The van der Waals surface area contributed by atoms with Crippen molar-refractivity contribution in [2.45, 2.75) is 25.7 Å². The smallest absolute Gasteiger partial charge is 0.136 e. The molecule has 90 valence electrons. The number of hydrogen-bond donors (Lipinski definition) is 0. The highest BCUT2D eigenvalue weighted by Crippen LogP contribution is 2.29. The van der Waals surface area contributed by atoms with Crippen molar-refractivity contribution in [3.8, 4) is 0 Å². The van der Waals surface area contributed by atoms with Gasteiger partial charge in [0.05, 0.1) is 0 Å². The highest BCUT2D eigenvalue weighted by Gasteiger charge is 2.18. The van der Waals surface area contributed by atoms with Crippen molar-refractivity contribution in [1.29, 1.82) is 0 Å². The first-order chi connectivity index (χ1) is 8.33. The fraction of sp³-hybridized carbons (Fsp3) is 0.500. The molecule has 3 rings (SSSR count). The van der Waals surface area contributed by atoms with Crippen molar-refractivity contribution < 1.29 is 0 Å². The van der Waals surface area contributed by atoms with E-state index in [1.54, 1.807) is 6.20 Å². The second kappa shape index (κ2) is 4.79. The molecule has 3 heteroatoms. The second-order valence-electron chi connectivity index (χ2n) is 4.99. The Morgan fingerprint density at radius 3 is 2.82 bits per heavy atom. The summed E-state index contributed by atoms with van der Waals surface area (Å²) in [6.45, 7) is 3.60. The van der Waals surface area contributed by atoms with Gasteiger partial charge in [0, 0.05) is 18.3 Å². The van der Waals surface area contributed by atoms with E-state index < -0.39 is 0 Å². The van der Waals surface area contributed by atoms with Gasteiger partial charge in [0.25, 0.3) is 0 Å². The van der Waals surface area contributed by atoms with Crippen molar-refractivity contribution in [3.63, 3.8) is 0 Å². The van der Waals surface area contributed by atoms with Crippen molar-refractivity contribution >= 4 is 17.7 Å². The van der Waals surface area contributed by atoms with E-state index in [9.17, 15) is 0 Å². The van der Waals surface area contributed by atoms with Gasteiger partial charge in [-0.2, -0.15) is 0 Å². The Morgan fingerprint density at radius 1 is 1.24 bits per heavy atom. The lowest BCUT2D eigenvalue weighted by molar-refractivity contribution is 0.246. The molecule has 0 unspecified atom stereocenters. The molecule has 0 aromatic carbocycles. The zero-order valence-electron chi connectivity index (χ0n) is 9.95. The minimum atomic E-state index is 0.649. The highest BCUT2D eigenvalue weighted by atomic mass is 35.5. The number of pyridine rings is 1. The third kappa shape index (κ3) is 2.38. The summed E-state index contributed by atoms with van der Waals surface area (Å²) in [5.74, 6) is 0. The van der Waals surface area contributed by atoms with E-state index in [1.807, 2.05) is 0 Å². The molecule has 0 saturated carbocycles. The molecule has 0 radical (unpaired) electrons. The summed E-state index contributed by atoms with van der Waals surface area (Å²) < 4.78 is 0. The largest absolute Gasteiger partial charge is 0.299 e. The molecule has 1 saturated heterocycles. The third-order valence-electron chi connectivity index (χ3n) is 3.67. The highest BCUT2D eigenvalue weighted by molar-refractivity contribution is 6.31. The van der Waals surface area contributed by atoms with Gasteiger partial charge in [0.1, 0.15) is 5.15 Å². The van der Waals surface area contributed by atoms with Crippen LogP contribution in [0.3, 0.4) is 0 Å². The summed E-state index contributed by atoms with van der Waals surface area (Å²) in [6, 6.07) is 2.08. The number of halogens is 1. The van der Waals surface area contributed by atoms with Crippen molar-refractivity contribution in [2.24, 2.45) is 0 Å². The average molecular weight is 249 g/mol. The van der Waals surface area contributed by atoms with Crippen LogP contribution in [0.25, 0.3) is 6.08 Å². The van der Waals surface area contributed by atoms with Crippen LogP contribution in [0.15, 0.2) is 17.8 Å². The van der Waals surface area contributed by atoms with E-state index >= 15 is 0 Å². The number of fused-ring (bicyclic) bond motifs is 1. The van der Waals surface area contributed by atoms with Crippen LogP contribution in [0, 0.1) is 0 Å². The summed E-state index contributed by atoms with van der Waals surface area (Å²) in [4.78, 5) is 6.70. The van der Waals surface area contributed by atoms with Gasteiger partial charge in [-0.15, -0.1) is 0 Å². The van der Waals surface area contributed by atoms with Crippen LogP contribution < -0.4 is 0 Å². The number of likely N-dealkylation sites (tertiary alicyclic amines) is 1. The normalized spacial score (nSPS) is 20.2. The Hall–Kier alpha value is -0.860. The number of rotatable bonds is 2. The molecule has 1 aromatic rings. The topological polar surface area (TPSA) is 16.1 Å². The lowest BCUT2D eigenvalue weighted by atomic mass is 10.1. The van der Waals surface area contributed by atoms with Crippen LogP contribution in [0.5, 0.6) is 0 Å². The molecule has 1 fully saturated rings. The van der Waals surface area contributed by atoms with Gasteiger partial charge in [0.15, 0.2) is 0 Å².